The molecule has 0 radical (unpaired) electrons. The van der Waals surface area contributed by atoms with E-state index in [0.717, 1.165) is 10.0 Å². The third-order valence-electron chi connectivity index (χ3n) is 3.71. The number of methoxy groups -OCH3 is 1. The molecular weight excluding hydrogens is 414 g/mol. The smallest absolute Gasteiger partial charge is 0.261 e. The molecule has 0 fully saturated rings. The largest absolute Gasteiger partial charge is 0.493 e. The first-order chi connectivity index (χ1) is 13.1. The fraction of sp³-hybridized carbons (Fsp3) is 0.211. The standard InChI is InChI=1S/C19H18BrN3O4/c1-12(26-16-9-4-3-8-15(16)25-2)19(24)21-11-17-22-18(23-27-17)13-6-5-7-14(20)10-13/h3-10,12H,11H2,1-2H3,(H,21,24)/t12-/m1/s1. The van der Waals surface area contributed by atoms with Crippen LogP contribution in [0.1, 0.15) is 12.8 Å². The van der Waals surface area contributed by atoms with Gasteiger partial charge in [-0.25, -0.2) is 0 Å². The topological polar surface area (TPSA) is 86.5 Å². The molecule has 0 saturated heterocycles. The number of nitrogens with one attached hydrogen (secondary N) is 1. The normalized spacial score (nSPS) is 11.7. The van der Waals surface area contributed by atoms with Gasteiger partial charge in [-0.3, -0.25) is 4.79 Å². The molecule has 140 valence electrons. The number of halogens is 1. The number of hydrogen-bond donors (Lipinski definition) is 1. The maximum atomic E-state index is 12.3. The Bertz CT molecular complexity index is 929. The molecule has 0 bridgehead atoms. The van der Waals surface area contributed by atoms with Crippen LogP contribution in [-0.4, -0.2) is 29.3 Å². The van der Waals surface area contributed by atoms with Crippen molar-refractivity contribution in [1.82, 2.24) is 15.5 Å². The van der Waals surface area contributed by atoms with Crippen LogP contribution in [-0.2, 0) is 11.3 Å². The van der Waals surface area contributed by atoms with Gasteiger partial charge >= 0.3 is 0 Å². The van der Waals surface area contributed by atoms with Crippen LogP contribution >= 0.6 is 15.9 Å². The van der Waals surface area contributed by atoms with E-state index in [2.05, 4.69) is 31.4 Å². The van der Waals surface area contributed by atoms with Gasteiger partial charge in [-0.05, 0) is 31.2 Å². The molecule has 0 spiro atoms. The Labute approximate surface area is 164 Å². The number of carbonyl (C=O) groups excluding carboxylic acids is 1. The van der Waals surface area contributed by atoms with E-state index in [1.807, 2.05) is 36.4 Å². The number of nitrogens with zero attached hydrogens (tertiary/aromatic N) is 2. The summed E-state index contributed by atoms with van der Waals surface area (Å²) in [6.45, 7) is 1.77. The van der Waals surface area contributed by atoms with Gasteiger partial charge in [0.25, 0.3) is 5.91 Å². The number of amides is 1. The van der Waals surface area contributed by atoms with E-state index in [0.29, 0.717) is 23.2 Å². The summed E-state index contributed by atoms with van der Waals surface area (Å²) >= 11 is 3.40. The van der Waals surface area contributed by atoms with Crippen LogP contribution in [0.25, 0.3) is 11.4 Å². The third kappa shape index (κ3) is 4.85. The molecule has 27 heavy (non-hydrogen) atoms. The fourth-order valence-corrected chi connectivity index (χ4v) is 2.74. The lowest BCUT2D eigenvalue weighted by Crippen LogP contribution is -2.36. The molecule has 0 aliphatic rings. The number of carbonyl (C=O) groups is 1. The van der Waals surface area contributed by atoms with Crippen molar-refractivity contribution in [2.75, 3.05) is 7.11 Å². The van der Waals surface area contributed by atoms with Crippen LogP contribution in [0.15, 0.2) is 57.5 Å². The minimum atomic E-state index is -0.714. The minimum absolute atomic E-state index is 0.111. The quantitative estimate of drug-likeness (QED) is 0.614. The Kier molecular flexibility index (Phi) is 6.08. The molecular formula is C19H18BrN3O4. The molecule has 1 amide bonds. The number of para-hydroxylation sites is 2. The first-order valence-electron chi connectivity index (χ1n) is 8.22. The van der Waals surface area contributed by atoms with Crippen molar-refractivity contribution in [3.05, 3.63) is 58.9 Å². The lowest BCUT2D eigenvalue weighted by atomic mass is 10.2. The van der Waals surface area contributed by atoms with Crippen LogP contribution in [0.5, 0.6) is 11.5 Å². The maximum Gasteiger partial charge on any atom is 0.261 e. The first kappa shape index (κ1) is 18.9. The van der Waals surface area contributed by atoms with E-state index < -0.39 is 6.10 Å². The van der Waals surface area contributed by atoms with E-state index >= 15 is 0 Å². The summed E-state index contributed by atoms with van der Waals surface area (Å²) in [5.74, 6) is 1.52. The van der Waals surface area contributed by atoms with Gasteiger partial charge in [0.2, 0.25) is 11.7 Å². The number of benzene rings is 2. The molecule has 1 heterocycles. The molecule has 3 rings (SSSR count). The van der Waals surface area contributed by atoms with Crippen molar-refractivity contribution in [1.29, 1.82) is 0 Å². The zero-order valence-corrected chi connectivity index (χ0v) is 16.4. The van der Waals surface area contributed by atoms with Crippen molar-refractivity contribution in [2.45, 2.75) is 19.6 Å². The molecule has 2 aromatic carbocycles. The van der Waals surface area contributed by atoms with Crippen LogP contribution < -0.4 is 14.8 Å². The van der Waals surface area contributed by atoms with Gasteiger partial charge in [-0.2, -0.15) is 4.98 Å². The van der Waals surface area contributed by atoms with Gasteiger partial charge in [-0.1, -0.05) is 45.4 Å². The number of ether oxygens (including phenoxy) is 2. The van der Waals surface area contributed by atoms with Crippen molar-refractivity contribution >= 4 is 21.8 Å². The monoisotopic (exact) mass is 431 g/mol. The summed E-state index contributed by atoms with van der Waals surface area (Å²) in [6, 6.07) is 14.7. The molecule has 1 N–H and O–H groups in total. The van der Waals surface area contributed by atoms with Gasteiger partial charge in [0, 0.05) is 10.0 Å². The highest BCUT2D eigenvalue weighted by atomic mass is 79.9. The summed E-state index contributed by atoms with van der Waals surface area (Å²) in [4.78, 5) is 16.6. The molecule has 0 aliphatic carbocycles. The molecule has 0 unspecified atom stereocenters. The molecule has 3 aromatic rings. The second kappa shape index (κ2) is 8.68. The minimum Gasteiger partial charge on any atom is -0.493 e. The molecule has 0 saturated carbocycles. The predicted molar refractivity (Wildman–Crippen MR) is 102 cm³/mol. The second-order valence-electron chi connectivity index (χ2n) is 5.65. The summed E-state index contributed by atoms with van der Waals surface area (Å²) in [5.41, 5.74) is 0.818. The van der Waals surface area contributed by atoms with Gasteiger partial charge < -0.3 is 19.3 Å². The Morgan fingerprint density at radius 2 is 2.00 bits per heavy atom. The molecule has 7 nitrogen and oxygen atoms in total. The third-order valence-corrected chi connectivity index (χ3v) is 4.20. The lowest BCUT2D eigenvalue weighted by Gasteiger charge is -2.16. The molecule has 0 aliphatic heterocycles. The van der Waals surface area contributed by atoms with Gasteiger partial charge in [0.05, 0.1) is 13.7 Å². The second-order valence-corrected chi connectivity index (χ2v) is 6.57. The number of rotatable bonds is 7. The molecule has 8 heteroatoms. The number of aromatic nitrogens is 2. The average Bonchev–Trinajstić information content (AvgIpc) is 3.15. The van der Waals surface area contributed by atoms with Crippen molar-refractivity contribution < 1.29 is 18.8 Å². The van der Waals surface area contributed by atoms with Gasteiger partial charge in [0.1, 0.15) is 0 Å². The summed E-state index contributed by atoms with van der Waals surface area (Å²) in [6.07, 6.45) is -0.714. The van der Waals surface area contributed by atoms with Crippen molar-refractivity contribution in [3.8, 4) is 22.9 Å². The van der Waals surface area contributed by atoms with E-state index in [1.165, 1.54) is 0 Å². The summed E-state index contributed by atoms with van der Waals surface area (Å²) < 4.78 is 17.0. The van der Waals surface area contributed by atoms with Gasteiger partial charge in [0.15, 0.2) is 17.6 Å². The van der Waals surface area contributed by atoms with Crippen molar-refractivity contribution in [2.24, 2.45) is 0 Å². The zero-order valence-electron chi connectivity index (χ0n) is 14.8. The van der Waals surface area contributed by atoms with Crippen molar-refractivity contribution in [3.63, 3.8) is 0 Å². The number of hydrogen-bond acceptors (Lipinski definition) is 6. The fourth-order valence-electron chi connectivity index (χ4n) is 2.34. The highest BCUT2D eigenvalue weighted by Crippen LogP contribution is 2.26. The first-order valence-corrected chi connectivity index (χ1v) is 9.02. The highest BCUT2D eigenvalue weighted by molar-refractivity contribution is 9.10. The Balaban J connectivity index is 1.57. The molecule has 1 aromatic heterocycles. The van der Waals surface area contributed by atoms with E-state index in [1.54, 1.807) is 26.2 Å². The van der Waals surface area contributed by atoms with Crippen LogP contribution in [0.3, 0.4) is 0 Å². The SMILES string of the molecule is COc1ccccc1O[C@H](C)C(=O)NCc1nc(-c2cccc(Br)c2)no1. The molecule has 1 atom stereocenters. The maximum absolute atomic E-state index is 12.3. The van der Waals surface area contributed by atoms with Crippen LogP contribution in [0.4, 0.5) is 0 Å². The Hall–Kier alpha value is -2.87. The lowest BCUT2D eigenvalue weighted by molar-refractivity contribution is -0.127. The van der Waals surface area contributed by atoms with Crippen LogP contribution in [0, 0.1) is 0 Å². The zero-order chi connectivity index (χ0) is 19.2. The predicted octanol–water partition coefficient (Wildman–Crippen LogP) is 3.59. The average molecular weight is 432 g/mol. The summed E-state index contributed by atoms with van der Waals surface area (Å²) in [5, 5.41) is 6.66. The van der Waals surface area contributed by atoms with E-state index in [-0.39, 0.29) is 12.5 Å². The Morgan fingerprint density at radius 1 is 1.22 bits per heavy atom. The van der Waals surface area contributed by atoms with Crippen LogP contribution in [0.2, 0.25) is 0 Å². The van der Waals surface area contributed by atoms with E-state index in [4.69, 9.17) is 14.0 Å². The highest BCUT2D eigenvalue weighted by Gasteiger charge is 2.18. The summed E-state index contributed by atoms with van der Waals surface area (Å²) in [7, 11) is 1.55. The van der Waals surface area contributed by atoms with E-state index in [9.17, 15) is 4.79 Å². The van der Waals surface area contributed by atoms with Gasteiger partial charge in [-0.15, -0.1) is 0 Å². The Morgan fingerprint density at radius 3 is 2.74 bits per heavy atom.